The van der Waals surface area contributed by atoms with Crippen LogP contribution >= 0.6 is 36.2 Å². The number of nitrogens with zero attached hydrogens (tertiary/aromatic N) is 2. The molecule has 0 spiro atoms. The quantitative estimate of drug-likeness (QED) is 0.781. The van der Waals surface area contributed by atoms with Gasteiger partial charge in [-0.2, -0.15) is 0 Å². The monoisotopic (exact) mass is 417 g/mol. The van der Waals surface area contributed by atoms with Gasteiger partial charge in [-0.25, -0.2) is 4.98 Å². The van der Waals surface area contributed by atoms with Gasteiger partial charge in [-0.05, 0) is 44.2 Å². The summed E-state index contributed by atoms with van der Waals surface area (Å²) in [6.45, 7) is 4.50. The van der Waals surface area contributed by atoms with Crippen molar-refractivity contribution in [1.82, 2.24) is 15.2 Å². The van der Waals surface area contributed by atoms with E-state index in [9.17, 15) is 4.79 Å². The molecule has 0 bridgehead atoms. The molecule has 1 N–H and O–H groups in total. The topological polar surface area (TPSA) is 54.5 Å². The predicted molar refractivity (Wildman–Crippen MR) is 111 cm³/mol. The standard InChI is InChI=1S/C18H23N3O2S.2ClH/c1-3-23-16-6-4-13(5-7-16)18-20-14(12-24-18)10-17(22)21(2)15-8-9-19-11-15;;/h4-7,12,15,19H,3,8-11H2,1-2H3;2*1H. The van der Waals surface area contributed by atoms with E-state index in [-0.39, 0.29) is 30.7 Å². The first kappa shape index (κ1) is 22.7. The van der Waals surface area contributed by atoms with Crippen molar-refractivity contribution >= 4 is 42.1 Å². The molecule has 1 aliphatic rings. The summed E-state index contributed by atoms with van der Waals surface area (Å²) in [6, 6.07) is 8.22. The van der Waals surface area contributed by atoms with Gasteiger partial charge in [-0.3, -0.25) is 4.79 Å². The highest BCUT2D eigenvalue weighted by atomic mass is 35.5. The molecule has 1 aromatic carbocycles. The largest absolute Gasteiger partial charge is 0.494 e. The number of amides is 1. The molecule has 8 heteroatoms. The number of hydrogen-bond donors (Lipinski definition) is 1. The summed E-state index contributed by atoms with van der Waals surface area (Å²) in [5.41, 5.74) is 1.89. The first-order valence-corrected chi connectivity index (χ1v) is 9.19. The Hall–Kier alpha value is -1.34. The number of aromatic nitrogens is 1. The molecule has 1 saturated heterocycles. The summed E-state index contributed by atoms with van der Waals surface area (Å²) in [5, 5.41) is 6.21. The van der Waals surface area contributed by atoms with E-state index in [2.05, 4.69) is 10.3 Å². The number of carbonyl (C=O) groups excluding carboxylic acids is 1. The van der Waals surface area contributed by atoms with Crippen LogP contribution in [0.2, 0.25) is 0 Å². The highest BCUT2D eigenvalue weighted by Crippen LogP contribution is 2.26. The van der Waals surface area contributed by atoms with E-state index in [1.54, 1.807) is 11.3 Å². The van der Waals surface area contributed by atoms with Crippen LogP contribution in [0.1, 0.15) is 19.0 Å². The number of benzene rings is 1. The summed E-state index contributed by atoms with van der Waals surface area (Å²) in [6.07, 6.45) is 1.39. The van der Waals surface area contributed by atoms with E-state index < -0.39 is 0 Å². The number of ether oxygens (including phenoxy) is 1. The average molecular weight is 418 g/mol. The number of nitrogens with one attached hydrogen (secondary N) is 1. The van der Waals surface area contributed by atoms with Gasteiger partial charge in [0.25, 0.3) is 0 Å². The van der Waals surface area contributed by atoms with Crippen molar-refractivity contribution in [3.05, 3.63) is 35.3 Å². The molecular formula is C18H25Cl2N3O2S. The summed E-state index contributed by atoms with van der Waals surface area (Å²) in [5.74, 6) is 0.993. The molecule has 144 valence electrons. The Morgan fingerprint density at radius 1 is 1.35 bits per heavy atom. The molecule has 0 saturated carbocycles. The third-order valence-corrected chi connectivity index (χ3v) is 5.21. The van der Waals surface area contributed by atoms with Gasteiger partial charge in [-0.1, -0.05) is 0 Å². The number of thiazole rings is 1. The first-order valence-electron chi connectivity index (χ1n) is 8.31. The fourth-order valence-corrected chi connectivity index (χ4v) is 3.66. The van der Waals surface area contributed by atoms with Gasteiger partial charge in [-0.15, -0.1) is 36.2 Å². The van der Waals surface area contributed by atoms with Crippen molar-refractivity contribution in [1.29, 1.82) is 0 Å². The van der Waals surface area contributed by atoms with Crippen molar-refractivity contribution in [2.75, 3.05) is 26.7 Å². The zero-order valence-electron chi connectivity index (χ0n) is 14.9. The Kier molecular flexibility index (Phi) is 9.36. The molecule has 5 nitrogen and oxygen atoms in total. The minimum Gasteiger partial charge on any atom is -0.494 e. The molecule has 1 atom stereocenters. The van der Waals surface area contributed by atoms with Gasteiger partial charge in [0.15, 0.2) is 0 Å². The van der Waals surface area contributed by atoms with Crippen LogP contribution in [0.3, 0.4) is 0 Å². The zero-order valence-corrected chi connectivity index (χ0v) is 17.4. The van der Waals surface area contributed by atoms with E-state index in [1.807, 2.05) is 48.5 Å². The van der Waals surface area contributed by atoms with Crippen molar-refractivity contribution in [2.24, 2.45) is 0 Å². The second kappa shape index (κ2) is 10.7. The first-order chi connectivity index (χ1) is 11.7. The Bertz CT molecular complexity index is 688. The second-order valence-electron chi connectivity index (χ2n) is 5.93. The van der Waals surface area contributed by atoms with Crippen LogP contribution in [-0.2, 0) is 11.2 Å². The van der Waals surface area contributed by atoms with Crippen LogP contribution in [-0.4, -0.2) is 48.6 Å². The van der Waals surface area contributed by atoms with E-state index in [1.165, 1.54) is 0 Å². The highest BCUT2D eigenvalue weighted by molar-refractivity contribution is 7.13. The van der Waals surface area contributed by atoms with Gasteiger partial charge < -0.3 is 15.0 Å². The molecule has 1 aliphatic heterocycles. The van der Waals surface area contributed by atoms with Crippen molar-refractivity contribution in [3.63, 3.8) is 0 Å². The fourth-order valence-electron chi connectivity index (χ4n) is 2.83. The third-order valence-electron chi connectivity index (χ3n) is 4.27. The van der Waals surface area contributed by atoms with E-state index >= 15 is 0 Å². The SMILES string of the molecule is CCOc1ccc(-c2nc(CC(=O)N(C)C3CCNC3)cs2)cc1.Cl.Cl. The Morgan fingerprint density at radius 2 is 2.08 bits per heavy atom. The van der Waals surface area contributed by atoms with Crippen LogP contribution in [0.5, 0.6) is 5.75 Å². The lowest BCUT2D eigenvalue weighted by Gasteiger charge is -2.23. The van der Waals surface area contributed by atoms with E-state index in [4.69, 9.17) is 4.74 Å². The summed E-state index contributed by atoms with van der Waals surface area (Å²) in [7, 11) is 1.89. The van der Waals surface area contributed by atoms with Crippen molar-refractivity contribution < 1.29 is 9.53 Å². The number of halogens is 2. The molecule has 0 radical (unpaired) electrons. The van der Waals surface area contributed by atoms with Crippen LogP contribution in [0.15, 0.2) is 29.6 Å². The van der Waals surface area contributed by atoms with Gasteiger partial charge in [0.1, 0.15) is 10.8 Å². The van der Waals surface area contributed by atoms with E-state index in [0.717, 1.165) is 41.5 Å². The lowest BCUT2D eigenvalue weighted by atomic mass is 10.2. The third kappa shape index (κ3) is 5.58. The molecular weight excluding hydrogens is 393 g/mol. The predicted octanol–water partition coefficient (Wildman–Crippen LogP) is 3.42. The number of rotatable bonds is 6. The van der Waals surface area contributed by atoms with Gasteiger partial charge >= 0.3 is 0 Å². The van der Waals surface area contributed by atoms with Crippen molar-refractivity contribution in [3.8, 4) is 16.3 Å². The van der Waals surface area contributed by atoms with Crippen LogP contribution < -0.4 is 10.1 Å². The van der Waals surface area contributed by atoms with Gasteiger partial charge in [0.05, 0.1) is 18.7 Å². The molecule has 2 aromatic rings. The highest BCUT2D eigenvalue weighted by Gasteiger charge is 2.23. The maximum absolute atomic E-state index is 12.4. The molecule has 1 unspecified atom stereocenters. The maximum atomic E-state index is 12.4. The van der Waals surface area contributed by atoms with Crippen molar-refractivity contribution in [2.45, 2.75) is 25.8 Å². The molecule has 1 aromatic heterocycles. The minimum absolute atomic E-state index is 0. The van der Waals surface area contributed by atoms with Crippen LogP contribution in [0.4, 0.5) is 0 Å². The van der Waals surface area contributed by atoms with Crippen LogP contribution in [0, 0.1) is 0 Å². The number of likely N-dealkylation sites (N-methyl/N-ethyl adjacent to an activating group) is 1. The molecule has 26 heavy (non-hydrogen) atoms. The fraction of sp³-hybridized carbons (Fsp3) is 0.444. The Labute approximate surface area is 171 Å². The minimum atomic E-state index is 0. The Morgan fingerprint density at radius 3 is 2.69 bits per heavy atom. The Balaban J connectivity index is 0.00000169. The zero-order chi connectivity index (χ0) is 16.9. The lowest BCUT2D eigenvalue weighted by Crippen LogP contribution is -2.39. The molecule has 0 aliphatic carbocycles. The summed E-state index contributed by atoms with van der Waals surface area (Å²) < 4.78 is 5.46. The van der Waals surface area contributed by atoms with Gasteiger partial charge in [0.2, 0.25) is 5.91 Å². The second-order valence-corrected chi connectivity index (χ2v) is 6.79. The summed E-state index contributed by atoms with van der Waals surface area (Å²) in [4.78, 5) is 18.9. The number of hydrogen-bond acceptors (Lipinski definition) is 5. The van der Waals surface area contributed by atoms with Gasteiger partial charge in [0, 0.05) is 30.6 Å². The maximum Gasteiger partial charge on any atom is 0.228 e. The average Bonchev–Trinajstić information content (AvgIpc) is 3.27. The lowest BCUT2D eigenvalue weighted by molar-refractivity contribution is -0.130. The smallest absolute Gasteiger partial charge is 0.228 e. The molecule has 1 fully saturated rings. The van der Waals surface area contributed by atoms with E-state index in [0.29, 0.717) is 19.1 Å². The summed E-state index contributed by atoms with van der Waals surface area (Å²) >= 11 is 1.57. The molecule has 3 rings (SSSR count). The normalized spacial score (nSPS) is 15.7. The molecule has 1 amide bonds. The molecule has 2 heterocycles. The number of carbonyl (C=O) groups is 1. The van der Waals surface area contributed by atoms with Crippen LogP contribution in [0.25, 0.3) is 10.6 Å².